The first-order valence-corrected chi connectivity index (χ1v) is 11.8. The Morgan fingerprint density at radius 1 is 1.24 bits per heavy atom. The van der Waals surface area contributed by atoms with Gasteiger partial charge in [0, 0.05) is 57.4 Å². The van der Waals surface area contributed by atoms with E-state index in [1.54, 1.807) is 7.11 Å². The molecule has 0 aliphatic carbocycles. The van der Waals surface area contributed by atoms with Crippen LogP contribution in [0.5, 0.6) is 11.5 Å². The van der Waals surface area contributed by atoms with Gasteiger partial charge in [-0.2, -0.15) is 11.8 Å². The quantitative estimate of drug-likeness (QED) is 0.619. The molecule has 2 heterocycles. The van der Waals surface area contributed by atoms with Gasteiger partial charge in [0.2, 0.25) is 0 Å². The minimum Gasteiger partial charge on any atom is -0.493 e. The summed E-state index contributed by atoms with van der Waals surface area (Å²) < 4.78 is 16.9. The van der Waals surface area contributed by atoms with Crippen LogP contribution >= 0.6 is 11.8 Å². The molecule has 0 bridgehead atoms. The van der Waals surface area contributed by atoms with Crippen molar-refractivity contribution in [3.63, 3.8) is 0 Å². The van der Waals surface area contributed by atoms with Crippen LogP contribution in [0.25, 0.3) is 0 Å². The molecule has 2 saturated heterocycles. The van der Waals surface area contributed by atoms with Gasteiger partial charge in [0.1, 0.15) is 12.7 Å². The van der Waals surface area contributed by atoms with Gasteiger partial charge >= 0.3 is 0 Å². The van der Waals surface area contributed by atoms with Crippen LogP contribution in [-0.4, -0.2) is 92.7 Å². The van der Waals surface area contributed by atoms with Crippen LogP contribution in [0.4, 0.5) is 0 Å². The van der Waals surface area contributed by atoms with E-state index < -0.39 is 6.10 Å². The molecule has 6 nitrogen and oxygen atoms in total. The zero-order valence-corrected chi connectivity index (χ0v) is 18.7. The fourth-order valence-electron chi connectivity index (χ4n) is 4.00. The first-order chi connectivity index (χ1) is 14.1. The van der Waals surface area contributed by atoms with Crippen molar-refractivity contribution < 1.29 is 19.3 Å². The summed E-state index contributed by atoms with van der Waals surface area (Å²) in [5.41, 5.74) is 1.20. The predicted molar refractivity (Wildman–Crippen MR) is 118 cm³/mol. The van der Waals surface area contributed by atoms with Gasteiger partial charge in [-0.1, -0.05) is 6.07 Å². The van der Waals surface area contributed by atoms with Gasteiger partial charge in [-0.3, -0.25) is 4.90 Å². The van der Waals surface area contributed by atoms with Crippen LogP contribution in [0.3, 0.4) is 0 Å². The lowest BCUT2D eigenvalue weighted by molar-refractivity contribution is 0.0549. The van der Waals surface area contributed by atoms with Crippen LogP contribution in [0.1, 0.15) is 18.4 Å². The van der Waals surface area contributed by atoms with E-state index in [0.717, 1.165) is 75.4 Å². The minimum atomic E-state index is -0.493. The number of aliphatic hydroxyl groups is 1. The maximum atomic E-state index is 10.3. The largest absolute Gasteiger partial charge is 0.493 e. The van der Waals surface area contributed by atoms with Crippen LogP contribution in [0.15, 0.2) is 18.2 Å². The molecule has 7 heteroatoms. The number of hydrogen-bond acceptors (Lipinski definition) is 7. The summed E-state index contributed by atoms with van der Waals surface area (Å²) in [6, 6.07) is 6.09. The van der Waals surface area contributed by atoms with E-state index in [4.69, 9.17) is 14.2 Å². The number of methoxy groups -OCH3 is 1. The normalized spacial score (nSPS) is 20.0. The number of rotatable bonds is 10. The molecule has 3 rings (SSSR count). The molecule has 1 atom stereocenters. The van der Waals surface area contributed by atoms with E-state index in [1.165, 1.54) is 5.56 Å². The van der Waals surface area contributed by atoms with E-state index in [9.17, 15) is 5.11 Å². The molecular formula is C22H36N2O4S. The van der Waals surface area contributed by atoms with Crippen molar-refractivity contribution in [1.82, 2.24) is 9.80 Å². The number of hydrogen-bond donors (Lipinski definition) is 1. The lowest BCUT2D eigenvalue weighted by atomic mass is 10.00. The summed E-state index contributed by atoms with van der Waals surface area (Å²) in [6.45, 7) is 6.78. The van der Waals surface area contributed by atoms with Crippen LogP contribution in [0, 0.1) is 5.92 Å². The number of thioether (sulfide) groups is 1. The molecule has 0 saturated carbocycles. The molecule has 0 aromatic heterocycles. The van der Waals surface area contributed by atoms with Gasteiger partial charge in [0.15, 0.2) is 11.5 Å². The highest BCUT2D eigenvalue weighted by molar-refractivity contribution is 7.99. The SMILES string of the molecule is COc1cc(CN(C)CC2CCOCC2)ccc1OC[C@H](O)CN1CCSCC1. The number of ether oxygens (including phenoxy) is 3. The van der Waals surface area contributed by atoms with Crippen molar-refractivity contribution in [3.8, 4) is 11.5 Å². The van der Waals surface area contributed by atoms with E-state index in [-0.39, 0.29) is 6.61 Å². The summed E-state index contributed by atoms with van der Waals surface area (Å²) >= 11 is 1.98. The van der Waals surface area contributed by atoms with Crippen LogP contribution < -0.4 is 9.47 Å². The van der Waals surface area contributed by atoms with Crippen molar-refractivity contribution >= 4 is 11.8 Å². The third-order valence-electron chi connectivity index (χ3n) is 5.60. The molecule has 0 amide bonds. The molecule has 0 radical (unpaired) electrons. The smallest absolute Gasteiger partial charge is 0.161 e. The van der Waals surface area contributed by atoms with Crippen molar-refractivity contribution in [2.24, 2.45) is 5.92 Å². The third-order valence-corrected chi connectivity index (χ3v) is 6.54. The fraction of sp³-hybridized carbons (Fsp3) is 0.727. The number of nitrogens with zero attached hydrogens (tertiary/aromatic N) is 2. The summed E-state index contributed by atoms with van der Waals surface area (Å²) in [7, 11) is 3.83. The van der Waals surface area contributed by atoms with Gasteiger partial charge in [0.05, 0.1) is 7.11 Å². The lowest BCUT2D eigenvalue weighted by Gasteiger charge is -2.28. The first-order valence-electron chi connectivity index (χ1n) is 10.7. The van der Waals surface area contributed by atoms with E-state index in [2.05, 4.69) is 22.9 Å². The number of benzene rings is 1. The monoisotopic (exact) mass is 424 g/mol. The molecular weight excluding hydrogens is 388 g/mol. The average Bonchev–Trinajstić information content (AvgIpc) is 2.74. The minimum absolute atomic E-state index is 0.281. The van der Waals surface area contributed by atoms with Gasteiger partial charge < -0.3 is 24.2 Å². The summed E-state index contributed by atoms with van der Waals surface area (Å²) in [6.07, 6.45) is 1.81. The Balaban J connectivity index is 1.47. The Kier molecular flexibility index (Phi) is 9.39. The topological polar surface area (TPSA) is 54.4 Å². The highest BCUT2D eigenvalue weighted by Gasteiger charge is 2.18. The van der Waals surface area contributed by atoms with Crippen molar-refractivity contribution in [2.75, 3.05) is 71.7 Å². The van der Waals surface area contributed by atoms with E-state index in [1.807, 2.05) is 23.9 Å². The lowest BCUT2D eigenvalue weighted by Crippen LogP contribution is -2.40. The molecule has 2 aliphatic rings. The van der Waals surface area contributed by atoms with Crippen molar-refractivity contribution in [2.45, 2.75) is 25.5 Å². The number of aliphatic hydroxyl groups excluding tert-OH is 1. The predicted octanol–water partition coefficient (Wildman–Crippen LogP) is 2.34. The highest BCUT2D eigenvalue weighted by atomic mass is 32.2. The molecule has 2 fully saturated rings. The molecule has 2 aliphatic heterocycles. The fourth-order valence-corrected chi connectivity index (χ4v) is 4.97. The van der Waals surface area contributed by atoms with Gasteiger partial charge in [-0.15, -0.1) is 0 Å². The molecule has 1 N–H and O–H groups in total. The molecule has 0 spiro atoms. The van der Waals surface area contributed by atoms with Gasteiger partial charge in [0.25, 0.3) is 0 Å². The molecule has 1 aromatic rings. The second-order valence-electron chi connectivity index (χ2n) is 8.12. The Labute approximate surface area is 179 Å². The maximum absolute atomic E-state index is 10.3. The maximum Gasteiger partial charge on any atom is 0.161 e. The van der Waals surface area contributed by atoms with Crippen LogP contribution in [0.2, 0.25) is 0 Å². The van der Waals surface area contributed by atoms with E-state index in [0.29, 0.717) is 12.3 Å². The van der Waals surface area contributed by atoms with Crippen molar-refractivity contribution in [3.05, 3.63) is 23.8 Å². The van der Waals surface area contributed by atoms with Gasteiger partial charge in [-0.25, -0.2) is 0 Å². The Bertz CT molecular complexity index is 606. The second kappa shape index (κ2) is 12.0. The highest BCUT2D eigenvalue weighted by Crippen LogP contribution is 2.29. The first kappa shape index (κ1) is 22.7. The van der Waals surface area contributed by atoms with Crippen molar-refractivity contribution in [1.29, 1.82) is 0 Å². The second-order valence-corrected chi connectivity index (χ2v) is 9.34. The molecule has 29 heavy (non-hydrogen) atoms. The average molecular weight is 425 g/mol. The summed E-state index contributed by atoms with van der Waals surface area (Å²) in [5.74, 6) is 4.43. The van der Waals surface area contributed by atoms with E-state index >= 15 is 0 Å². The Morgan fingerprint density at radius 2 is 2.00 bits per heavy atom. The Morgan fingerprint density at radius 3 is 2.72 bits per heavy atom. The number of β-amino-alcohol motifs (C(OH)–C–C–N with tert-alkyl or cyclic N) is 1. The zero-order chi connectivity index (χ0) is 20.5. The zero-order valence-electron chi connectivity index (χ0n) is 17.8. The van der Waals surface area contributed by atoms with Gasteiger partial charge in [-0.05, 0) is 43.5 Å². The molecule has 164 valence electrons. The summed E-state index contributed by atoms with van der Waals surface area (Å²) in [5, 5.41) is 10.3. The molecule has 0 unspecified atom stereocenters. The van der Waals surface area contributed by atoms with Crippen LogP contribution in [-0.2, 0) is 11.3 Å². The third kappa shape index (κ3) is 7.64. The Hall–Kier alpha value is -0.990. The standard InChI is InChI=1S/C22H36N2O4S/c1-23(14-18-5-9-27-10-6-18)15-19-3-4-21(22(13-19)26-2)28-17-20(25)16-24-7-11-29-12-8-24/h3-4,13,18,20,25H,5-12,14-17H2,1-2H3/t20-/m1/s1. The summed E-state index contributed by atoms with van der Waals surface area (Å²) in [4.78, 5) is 4.67. The molecule has 1 aromatic carbocycles.